The molecule has 0 atom stereocenters. The van der Waals surface area contributed by atoms with Crippen LogP contribution in [0.2, 0.25) is 0 Å². The first-order valence-corrected chi connectivity index (χ1v) is 15.2. The number of benzene rings is 3. The average Bonchev–Trinajstić information content (AvgIpc) is 3.74. The highest BCUT2D eigenvalue weighted by Gasteiger charge is 2.23. The van der Waals surface area contributed by atoms with Gasteiger partial charge in [0.1, 0.15) is 5.75 Å². The van der Waals surface area contributed by atoms with E-state index in [4.69, 9.17) is 4.74 Å². The number of rotatable bonds is 9. The average molecular weight is 539 g/mol. The molecule has 4 nitrogen and oxygen atoms in total. The number of ketones is 1. The minimum Gasteiger partial charge on any atom is -0.497 e. The Hall–Kier alpha value is -2.99. The molecular formula is C34H38N2O2S. The van der Waals surface area contributed by atoms with Crippen molar-refractivity contribution in [1.82, 2.24) is 9.80 Å². The minimum absolute atomic E-state index is 0.0929. The number of likely N-dealkylation sites (tertiary alicyclic amines) is 2. The molecule has 2 fully saturated rings. The van der Waals surface area contributed by atoms with Crippen molar-refractivity contribution in [3.8, 4) is 16.2 Å². The molecule has 39 heavy (non-hydrogen) atoms. The summed E-state index contributed by atoms with van der Waals surface area (Å²) in [6, 6.07) is 21.2. The van der Waals surface area contributed by atoms with Crippen LogP contribution in [-0.2, 0) is 13.0 Å². The van der Waals surface area contributed by atoms with E-state index < -0.39 is 0 Å². The Bertz CT molecular complexity index is 1460. The predicted molar refractivity (Wildman–Crippen MR) is 162 cm³/mol. The van der Waals surface area contributed by atoms with Crippen LogP contribution in [0.3, 0.4) is 0 Å². The summed E-state index contributed by atoms with van der Waals surface area (Å²) >= 11 is 1.68. The molecule has 5 heteroatoms. The molecule has 0 N–H and O–H groups in total. The molecule has 0 radical (unpaired) electrons. The van der Waals surface area contributed by atoms with Crippen molar-refractivity contribution in [2.75, 3.05) is 39.8 Å². The maximum atomic E-state index is 14.2. The van der Waals surface area contributed by atoms with Gasteiger partial charge in [-0.15, -0.1) is 11.3 Å². The standard InChI is InChI=1S/C34H38N2O2S/c1-24-21-27(11-12-28(24)23-36-18-5-6-19-36)33(37)32-30-14-13-29(38-2)22-31(30)39-34(32)26-9-7-25(8-10-26)15-20-35-16-3-4-17-35/h7-14,21-22H,3-6,15-20,23H2,1-2H3. The van der Waals surface area contributed by atoms with E-state index in [0.717, 1.165) is 56.9 Å². The van der Waals surface area contributed by atoms with Gasteiger partial charge < -0.3 is 9.64 Å². The molecule has 3 heterocycles. The van der Waals surface area contributed by atoms with Crippen LogP contribution in [0.5, 0.6) is 5.75 Å². The van der Waals surface area contributed by atoms with E-state index in [1.54, 1.807) is 18.4 Å². The molecular weight excluding hydrogens is 500 g/mol. The van der Waals surface area contributed by atoms with E-state index in [9.17, 15) is 4.79 Å². The van der Waals surface area contributed by atoms with Gasteiger partial charge in [0.05, 0.1) is 7.11 Å². The van der Waals surface area contributed by atoms with Crippen LogP contribution in [0, 0.1) is 6.92 Å². The monoisotopic (exact) mass is 538 g/mol. The topological polar surface area (TPSA) is 32.8 Å². The van der Waals surface area contributed by atoms with Gasteiger partial charge in [-0.3, -0.25) is 9.69 Å². The van der Waals surface area contributed by atoms with E-state index in [-0.39, 0.29) is 5.78 Å². The SMILES string of the molecule is COc1ccc2c(C(=O)c3ccc(CN4CCCC4)c(C)c3)c(-c3ccc(CCN4CCCC4)cc3)sc2c1. The Kier molecular flexibility index (Phi) is 7.83. The first-order chi connectivity index (χ1) is 19.1. The van der Waals surface area contributed by atoms with Crippen molar-refractivity contribution < 1.29 is 9.53 Å². The summed E-state index contributed by atoms with van der Waals surface area (Å²) < 4.78 is 6.58. The quantitative estimate of drug-likeness (QED) is 0.209. The summed E-state index contributed by atoms with van der Waals surface area (Å²) in [7, 11) is 1.69. The van der Waals surface area contributed by atoms with Crippen molar-refractivity contribution in [3.05, 3.63) is 88.5 Å². The third-order valence-corrected chi connectivity index (χ3v) is 9.65. The molecule has 0 amide bonds. The summed E-state index contributed by atoms with van der Waals surface area (Å²) in [5.74, 6) is 0.906. The lowest BCUT2D eigenvalue weighted by molar-refractivity contribution is 0.104. The third-order valence-electron chi connectivity index (χ3n) is 8.45. The molecule has 4 aromatic rings. The van der Waals surface area contributed by atoms with Gasteiger partial charge in [-0.05, 0) is 112 Å². The predicted octanol–water partition coefficient (Wildman–Crippen LogP) is 7.35. The fraction of sp³-hybridized carbons (Fsp3) is 0.382. The van der Waals surface area contributed by atoms with Crippen LogP contribution in [0.15, 0.2) is 60.7 Å². The molecule has 0 aliphatic carbocycles. The maximum absolute atomic E-state index is 14.2. The molecule has 0 unspecified atom stereocenters. The van der Waals surface area contributed by atoms with Crippen LogP contribution in [-0.4, -0.2) is 55.4 Å². The van der Waals surface area contributed by atoms with Gasteiger partial charge in [0.15, 0.2) is 5.78 Å². The highest BCUT2D eigenvalue weighted by atomic mass is 32.1. The van der Waals surface area contributed by atoms with Gasteiger partial charge >= 0.3 is 0 Å². The second kappa shape index (κ2) is 11.6. The Morgan fingerprint density at radius 3 is 2.28 bits per heavy atom. The van der Waals surface area contributed by atoms with E-state index in [1.165, 1.54) is 68.6 Å². The van der Waals surface area contributed by atoms with E-state index in [1.807, 2.05) is 18.2 Å². The molecule has 2 aliphatic rings. The Labute approximate surface area is 236 Å². The highest BCUT2D eigenvalue weighted by Crippen LogP contribution is 2.41. The van der Waals surface area contributed by atoms with Crippen molar-refractivity contribution in [2.45, 2.75) is 45.6 Å². The van der Waals surface area contributed by atoms with Crippen LogP contribution in [0.4, 0.5) is 0 Å². The number of methoxy groups -OCH3 is 1. The van der Waals surface area contributed by atoms with Gasteiger partial charge in [0.25, 0.3) is 0 Å². The fourth-order valence-electron chi connectivity index (χ4n) is 6.09. The van der Waals surface area contributed by atoms with Gasteiger partial charge in [-0.2, -0.15) is 0 Å². The second-order valence-electron chi connectivity index (χ2n) is 11.1. The largest absolute Gasteiger partial charge is 0.497 e. The first-order valence-electron chi connectivity index (χ1n) is 14.4. The van der Waals surface area contributed by atoms with Crippen LogP contribution in [0.1, 0.15) is 58.3 Å². The number of nitrogens with zero attached hydrogens (tertiary/aromatic N) is 2. The lowest BCUT2D eigenvalue weighted by atomic mass is 9.95. The summed E-state index contributed by atoms with van der Waals surface area (Å²) in [6.45, 7) is 9.03. The molecule has 3 aromatic carbocycles. The van der Waals surface area contributed by atoms with Gasteiger partial charge in [-0.1, -0.05) is 36.4 Å². The van der Waals surface area contributed by atoms with E-state index in [0.29, 0.717) is 0 Å². The van der Waals surface area contributed by atoms with Crippen molar-refractivity contribution >= 4 is 27.2 Å². The van der Waals surface area contributed by atoms with E-state index >= 15 is 0 Å². The summed E-state index contributed by atoms with van der Waals surface area (Å²) in [4.78, 5) is 20.3. The number of ether oxygens (including phenoxy) is 1. The van der Waals surface area contributed by atoms with Crippen LogP contribution >= 0.6 is 11.3 Å². The molecule has 202 valence electrons. The number of thiophene rings is 1. The molecule has 0 spiro atoms. The molecule has 1 aromatic heterocycles. The zero-order chi connectivity index (χ0) is 26.8. The number of carbonyl (C=O) groups excluding carboxylic acids is 1. The molecule has 0 saturated carbocycles. The number of carbonyl (C=O) groups is 1. The molecule has 2 saturated heterocycles. The first kappa shape index (κ1) is 26.2. The number of hydrogen-bond acceptors (Lipinski definition) is 5. The number of aryl methyl sites for hydroxylation is 1. The maximum Gasteiger partial charge on any atom is 0.195 e. The smallest absolute Gasteiger partial charge is 0.195 e. The lowest BCUT2D eigenvalue weighted by Crippen LogP contribution is -2.21. The second-order valence-corrected chi connectivity index (χ2v) is 12.2. The lowest BCUT2D eigenvalue weighted by Gasteiger charge is -2.17. The minimum atomic E-state index is 0.0929. The molecule has 6 rings (SSSR count). The number of fused-ring (bicyclic) bond motifs is 1. The summed E-state index contributed by atoms with van der Waals surface area (Å²) in [5, 5.41) is 0.998. The zero-order valence-corrected chi connectivity index (χ0v) is 24.0. The fourth-order valence-corrected chi connectivity index (χ4v) is 7.32. The van der Waals surface area contributed by atoms with Crippen molar-refractivity contribution in [2.24, 2.45) is 0 Å². The third kappa shape index (κ3) is 5.67. The summed E-state index contributed by atoms with van der Waals surface area (Å²) in [6.07, 6.45) is 6.29. The Morgan fingerprint density at radius 1 is 0.872 bits per heavy atom. The Morgan fingerprint density at radius 2 is 1.59 bits per heavy atom. The molecule has 0 bridgehead atoms. The van der Waals surface area contributed by atoms with Gasteiger partial charge in [-0.25, -0.2) is 0 Å². The normalized spacial score (nSPS) is 16.4. The van der Waals surface area contributed by atoms with Crippen molar-refractivity contribution in [3.63, 3.8) is 0 Å². The number of hydrogen-bond donors (Lipinski definition) is 0. The van der Waals surface area contributed by atoms with Gasteiger partial charge in [0.2, 0.25) is 0 Å². The highest BCUT2D eigenvalue weighted by molar-refractivity contribution is 7.22. The van der Waals surface area contributed by atoms with Crippen molar-refractivity contribution in [1.29, 1.82) is 0 Å². The van der Waals surface area contributed by atoms with E-state index in [2.05, 4.69) is 59.2 Å². The zero-order valence-electron chi connectivity index (χ0n) is 23.2. The van der Waals surface area contributed by atoms with Crippen LogP contribution in [0.25, 0.3) is 20.5 Å². The summed E-state index contributed by atoms with van der Waals surface area (Å²) in [5.41, 5.74) is 6.53. The molecule has 2 aliphatic heterocycles. The van der Waals surface area contributed by atoms with Gasteiger partial charge in [0, 0.05) is 39.2 Å². The Balaban J connectivity index is 1.32. The van der Waals surface area contributed by atoms with Crippen LogP contribution < -0.4 is 4.74 Å².